The van der Waals surface area contributed by atoms with Gasteiger partial charge in [-0.15, -0.1) is 0 Å². The second-order valence-corrected chi connectivity index (χ2v) is 10.1. The van der Waals surface area contributed by atoms with Crippen molar-refractivity contribution >= 4 is 13.6 Å². The average molecular weight is 480 g/mol. The van der Waals surface area contributed by atoms with Crippen LogP contribution in [0.4, 0.5) is 0 Å². The molecule has 191 valence electrons. The number of carbonyl (C=O) groups excluding carboxylic acids is 1. The first-order chi connectivity index (χ1) is 17.0. The van der Waals surface area contributed by atoms with Gasteiger partial charge in [0.05, 0.1) is 11.7 Å². The normalized spacial score (nSPS) is 25.9. The summed E-state index contributed by atoms with van der Waals surface area (Å²) in [6, 6.07) is 10.3. The third-order valence-corrected chi connectivity index (χ3v) is 7.48. The number of aliphatic hydroxyl groups excluding tert-OH is 1. The lowest BCUT2D eigenvalue weighted by Crippen LogP contribution is -2.40. The molecule has 4 unspecified atom stereocenters. The molecule has 1 heterocycles. The average Bonchev–Trinajstić information content (AvgIpc) is 3.13. The Bertz CT molecular complexity index is 842. The highest BCUT2D eigenvalue weighted by Crippen LogP contribution is 2.47. The van der Waals surface area contributed by atoms with Crippen LogP contribution in [0.3, 0.4) is 0 Å². The Morgan fingerprint density at radius 3 is 2.80 bits per heavy atom. The first-order valence-corrected chi connectivity index (χ1v) is 13.5. The van der Waals surface area contributed by atoms with Crippen LogP contribution in [0, 0.1) is 11.8 Å². The fourth-order valence-corrected chi connectivity index (χ4v) is 5.43. The smallest absolute Gasteiger partial charge is 0.410 e. The summed E-state index contributed by atoms with van der Waals surface area (Å²) >= 11 is 0. The van der Waals surface area contributed by atoms with Crippen molar-refractivity contribution in [2.45, 2.75) is 96.4 Å². The van der Waals surface area contributed by atoms with E-state index in [2.05, 4.69) is 43.4 Å². The van der Waals surface area contributed by atoms with Crippen LogP contribution in [0.2, 0.25) is 0 Å². The summed E-state index contributed by atoms with van der Waals surface area (Å²) in [6.07, 6.45) is 14.0. The fourth-order valence-electron chi connectivity index (χ4n) is 5.43. The second kappa shape index (κ2) is 14.0. The molecule has 1 radical (unpaired) electrons. The molecule has 6 heteroatoms. The van der Waals surface area contributed by atoms with Crippen molar-refractivity contribution in [2.75, 3.05) is 6.54 Å². The number of fused-ring (bicyclic) bond motifs is 2. The Morgan fingerprint density at radius 2 is 2.06 bits per heavy atom. The molecule has 1 saturated carbocycles. The minimum absolute atomic E-state index is 0.0725. The summed E-state index contributed by atoms with van der Waals surface area (Å²) < 4.78 is 11.8. The van der Waals surface area contributed by atoms with Gasteiger partial charge in [-0.3, -0.25) is 4.79 Å². The van der Waals surface area contributed by atoms with Gasteiger partial charge in [-0.25, -0.2) is 0 Å². The number of aliphatic hydroxyl groups is 1. The topological polar surface area (TPSA) is 67.8 Å². The third kappa shape index (κ3) is 8.06. The van der Waals surface area contributed by atoms with E-state index in [0.29, 0.717) is 13.0 Å². The number of benzene rings is 1. The van der Waals surface area contributed by atoms with E-state index in [1.807, 2.05) is 31.2 Å². The molecule has 0 spiro atoms. The Kier molecular flexibility index (Phi) is 11.1. The van der Waals surface area contributed by atoms with Gasteiger partial charge in [-0.2, -0.15) is 0 Å². The van der Waals surface area contributed by atoms with Gasteiger partial charge < -0.3 is 19.7 Å². The van der Waals surface area contributed by atoms with E-state index in [-0.39, 0.29) is 23.8 Å². The molecule has 35 heavy (non-hydrogen) atoms. The molecule has 1 aliphatic carbocycles. The molecule has 2 aliphatic rings. The van der Waals surface area contributed by atoms with E-state index in [9.17, 15) is 9.90 Å². The number of amides is 1. The molecular formula is C29H43BNO4. The summed E-state index contributed by atoms with van der Waals surface area (Å²) in [5, 5.41) is 13.6. The molecule has 2 bridgehead atoms. The minimum Gasteiger partial charge on any atom is -0.410 e. The summed E-state index contributed by atoms with van der Waals surface area (Å²) in [6.45, 7) is 6.99. The molecule has 1 saturated heterocycles. The molecule has 1 amide bonds. The van der Waals surface area contributed by atoms with Crippen LogP contribution in [-0.4, -0.2) is 43.1 Å². The zero-order chi connectivity index (χ0) is 25.1. The molecule has 1 aromatic rings. The molecule has 2 fully saturated rings. The molecule has 5 atom stereocenters. The Morgan fingerprint density at radius 1 is 1.26 bits per heavy atom. The summed E-state index contributed by atoms with van der Waals surface area (Å²) in [7, 11) is 1.48. The van der Waals surface area contributed by atoms with E-state index in [4.69, 9.17) is 9.31 Å². The lowest BCUT2D eigenvalue weighted by molar-refractivity contribution is -0.125. The molecule has 1 aromatic carbocycles. The van der Waals surface area contributed by atoms with Gasteiger partial charge in [0.15, 0.2) is 0 Å². The number of allylic oxidation sites excluding steroid dienone is 1. The van der Waals surface area contributed by atoms with Crippen LogP contribution in [0.15, 0.2) is 54.1 Å². The highest BCUT2D eigenvalue weighted by Gasteiger charge is 2.50. The lowest BCUT2D eigenvalue weighted by atomic mass is 9.82. The first kappa shape index (κ1) is 27.7. The van der Waals surface area contributed by atoms with Crippen molar-refractivity contribution in [3.05, 3.63) is 59.7 Å². The van der Waals surface area contributed by atoms with E-state index >= 15 is 0 Å². The largest absolute Gasteiger partial charge is 0.488 e. The maximum atomic E-state index is 12.5. The van der Waals surface area contributed by atoms with Crippen LogP contribution in [0.5, 0.6) is 0 Å². The molecule has 2 N–H and O–H groups in total. The summed E-state index contributed by atoms with van der Waals surface area (Å²) in [5.41, 5.74) is 2.04. The maximum Gasteiger partial charge on any atom is 0.488 e. The van der Waals surface area contributed by atoms with Gasteiger partial charge in [0.1, 0.15) is 0 Å². The van der Waals surface area contributed by atoms with E-state index in [0.717, 1.165) is 51.4 Å². The van der Waals surface area contributed by atoms with Crippen molar-refractivity contribution < 1.29 is 19.2 Å². The SMILES string of the molecule is CCCCC(CCC=C(C)C1CC2CC1(/C=C/[C@@H](O)CCc1ccccc1)O[B]O2)C(=O)NCC. The Balaban J connectivity index is 1.61. The summed E-state index contributed by atoms with van der Waals surface area (Å²) in [4.78, 5) is 12.5. The molecule has 5 nitrogen and oxygen atoms in total. The van der Waals surface area contributed by atoms with Crippen molar-refractivity contribution in [1.29, 1.82) is 0 Å². The number of carbonyl (C=O) groups is 1. The van der Waals surface area contributed by atoms with Gasteiger partial charge in [0, 0.05) is 30.9 Å². The zero-order valence-electron chi connectivity index (χ0n) is 21.7. The standard InChI is InChI=1S/C29H43BNO4/c1-4-6-14-24(28(33)31-5-2)15-10-11-22(3)27-20-26-21-29(27,35-30-34-26)19-18-25(32)17-16-23-12-8-7-9-13-23/h7-9,11-13,18-19,24-27,32H,4-6,10,14-17,20-21H2,1-3H3,(H,31,33)/b19-18+,22-11?/t24?,25-,26?,27?,29?/m0/s1. The minimum atomic E-state index is -0.517. The highest BCUT2D eigenvalue weighted by molar-refractivity contribution is 6.18. The molecule has 0 aromatic heterocycles. The summed E-state index contributed by atoms with van der Waals surface area (Å²) in [5.74, 6) is 0.449. The second-order valence-electron chi connectivity index (χ2n) is 10.1. The highest BCUT2D eigenvalue weighted by atomic mass is 16.6. The van der Waals surface area contributed by atoms with Crippen molar-refractivity contribution in [3.63, 3.8) is 0 Å². The monoisotopic (exact) mass is 480 g/mol. The van der Waals surface area contributed by atoms with Gasteiger partial charge in [0.25, 0.3) is 0 Å². The van der Waals surface area contributed by atoms with Crippen LogP contribution >= 0.6 is 0 Å². The van der Waals surface area contributed by atoms with Crippen molar-refractivity contribution in [2.24, 2.45) is 11.8 Å². The first-order valence-electron chi connectivity index (χ1n) is 13.5. The maximum absolute atomic E-state index is 12.5. The molecular weight excluding hydrogens is 437 g/mol. The number of rotatable bonds is 14. The van der Waals surface area contributed by atoms with Gasteiger partial charge in [0.2, 0.25) is 5.91 Å². The van der Waals surface area contributed by atoms with Crippen LogP contribution in [0.1, 0.15) is 77.7 Å². The van der Waals surface area contributed by atoms with Crippen molar-refractivity contribution in [1.82, 2.24) is 5.32 Å². The van der Waals surface area contributed by atoms with E-state index in [1.165, 1.54) is 18.8 Å². The number of unbranched alkanes of at least 4 members (excludes halogenated alkanes) is 1. The molecule has 3 rings (SSSR count). The van der Waals surface area contributed by atoms with E-state index < -0.39 is 11.7 Å². The number of aryl methyl sites for hydroxylation is 1. The number of hydrogen-bond donors (Lipinski definition) is 2. The van der Waals surface area contributed by atoms with Crippen LogP contribution in [-0.2, 0) is 20.5 Å². The third-order valence-electron chi connectivity index (χ3n) is 7.48. The van der Waals surface area contributed by atoms with Crippen molar-refractivity contribution in [3.8, 4) is 0 Å². The van der Waals surface area contributed by atoms with Crippen LogP contribution < -0.4 is 5.32 Å². The predicted molar refractivity (Wildman–Crippen MR) is 142 cm³/mol. The lowest BCUT2D eigenvalue weighted by Gasteiger charge is -2.35. The van der Waals surface area contributed by atoms with Gasteiger partial charge >= 0.3 is 7.69 Å². The fraction of sp³-hybridized carbons (Fsp3) is 0.621. The predicted octanol–water partition coefficient (Wildman–Crippen LogP) is 5.30. The van der Waals surface area contributed by atoms with E-state index in [1.54, 1.807) is 0 Å². The number of nitrogens with one attached hydrogen (secondary N) is 1. The Hall–Kier alpha value is -1.89. The quantitative estimate of drug-likeness (QED) is 0.280. The van der Waals surface area contributed by atoms with Gasteiger partial charge in [-0.1, -0.05) is 73.9 Å². The zero-order valence-corrected chi connectivity index (χ0v) is 21.7. The van der Waals surface area contributed by atoms with Gasteiger partial charge in [-0.05, 0) is 57.9 Å². The number of hydrogen-bond acceptors (Lipinski definition) is 4. The van der Waals surface area contributed by atoms with Crippen LogP contribution in [0.25, 0.3) is 0 Å². The molecule has 1 aliphatic heterocycles. The Labute approximate surface area is 212 Å².